The van der Waals surface area contributed by atoms with E-state index in [1.54, 1.807) is 18.0 Å². The van der Waals surface area contributed by atoms with Gasteiger partial charge in [-0.05, 0) is 37.0 Å². The van der Waals surface area contributed by atoms with Gasteiger partial charge < -0.3 is 15.8 Å². The summed E-state index contributed by atoms with van der Waals surface area (Å²) in [7, 11) is 1.76. The fraction of sp³-hybridized carbons (Fsp3) is 0.467. The Labute approximate surface area is 129 Å². The maximum Gasteiger partial charge on any atom is 0.235 e. The number of nitrogens with zero attached hydrogens (tertiary/aromatic N) is 2. The predicted molar refractivity (Wildman–Crippen MR) is 84.8 cm³/mol. The number of aliphatic hydroxyl groups is 1. The summed E-state index contributed by atoms with van der Waals surface area (Å²) in [6.45, 7) is 2.03. The predicted octanol–water partition coefficient (Wildman–Crippen LogP) is 1.93. The fourth-order valence-electron chi connectivity index (χ4n) is 2.88. The largest absolute Gasteiger partial charge is 0.396 e. The molecule has 1 aliphatic heterocycles. The Bertz CT molecular complexity index is 587. The molecule has 1 aliphatic rings. The molecule has 1 aromatic carbocycles. The molecular weight excluding hydrogens is 290 g/mol. The molecule has 1 amide bonds. The second-order valence-corrected chi connectivity index (χ2v) is 5.60. The molecule has 1 unspecified atom stereocenters. The van der Waals surface area contributed by atoms with Gasteiger partial charge in [0.1, 0.15) is 0 Å². The Morgan fingerprint density at radius 1 is 1.48 bits per heavy atom. The number of amides is 1. The van der Waals surface area contributed by atoms with Gasteiger partial charge in [0.2, 0.25) is 5.91 Å². The zero-order chi connectivity index (χ0) is 15.6. The van der Waals surface area contributed by atoms with Crippen molar-refractivity contribution in [2.45, 2.75) is 26.2 Å². The molecule has 114 valence electrons. The van der Waals surface area contributed by atoms with Gasteiger partial charge in [-0.3, -0.25) is 4.79 Å². The van der Waals surface area contributed by atoms with Gasteiger partial charge >= 0.3 is 0 Å². The molecule has 3 N–H and O–H groups in total. The fourth-order valence-corrected chi connectivity index (χ4v) is 3.12. The number of nitrogens with two attached hydrogens (primary N) is 1. The minimum atomic E-state index is -0.336. The normalized spacial score (nSPS) is 20.0. The molecule has 2 rings (SSSR count). The van der Waals surface area contributed by atoms with E-state index >= 15 is 0 Å². The number of aliphatic hydroxyl groups excluding tert-OH is 1. The van der Waals surface area contributed by atoms with E-state index in [2.05, 4.69) is 5.10 Å². The molecule has 1 heterocycles. The van der Waals surface area contributed by atoms with Crippen molar-refractivity contribution < 1.29 is 9.90 Å². The number of carbonyl (C=O) groups excluding carboxylic acids is 1. The molecule has 1 aromatic rings. The number of aryl methyl sites for hydroxylation is 1. The first-order valence-corrected chi connectivity index (χ1v) is 7.41. The highest BCUT2D eigenvalue weighted by atomic mass is 35.5. The van der Waals surface area contributed by atoms with Crippen molar-refractivity contribution in [1.82, 2.24) is 0 Å². The lowest BCUT2D eigenvalue weighted by molar-refractivity contribution is -0.120. The van der Waals surface area contributed by atoms with Crippen molar-refractivity contribution >= 4 is 28.9 Å². The van der Waals surface area contributed by atoms with Crippen LogP contribution in [0.25, 0.3) is 0 Å². The molecule has 5 nitrogen and oxygen atoms in total. The van der Waals surface area contributed by atoms with E-state index in [0.29, 0.717) is 30.0 Å². The molecule has 21 heavy (non-hydrogen) atoms. The lowest BCUT2D eigenvalue weighted by Gasteiger charge is -2.34. The number of hydrogen-bond acceptors (Lipinski definition) is 4. The van der Waals surface area contributed by atoms with Crippen molar-refractivity contribution in [2.24, 2.45) is 16.9 Å². The summed E-state index contributed by atoms with van der Waals surface area (Å²) < 4.78 is 0. The maximum absolute atomic E-state index is 12.5. The van der Waals surface area contributed by atoms with Crippen LogP contribution in [0.15, 0.2) is 17.2 Å². The van der Waals surface area contributed by atoms with Gasteiger partial charge in [-0.25, -0.2) is 0 Å². The summed E-state index contributed by atoms with van der Waals surface area (Å²) in [5.41, 5.74) is 3.13. The molecule has 0 spiro atoms. The van der Waals surface area contributed by atoms with E-state index in [9.17, 15) is 4.79 Å². The SMILES string of the molecule is CCC1C(=O)N(C)c2c(CCCO)cc(Cl)cc2/C1=N/N. The highest BCUT2D eigenvalue weighted by Gasteiger charge is 2.36. The molecule has 0 fully saturated rings. The number of halogens is 1. The van der Waals surface area contributed by atoms with Gasteiger partial charge in [0, 0.05) is 24.2 Å². The van der Waals surface area contributed by atoms with E-state index in [1.807, 2.05) is 13.0 Å². The Morgan fingerprint density at radius 3 is 2.76 bits per heavy atom. The average Bonchev–Trinajstić information content (AvgIpc) is 2.47. The topological polar surface area (TPSA) is 78.9 Å². The van der Waals surface area contributed by atoms with Crippen LogP contribution in [-0.4, -0.2) is 30.4 Å². The summed E-state index contributed by atoms with van der Waals surface area (Å²) in [5, 5.41) is 13.5. The number of fused-ring (bicyclic) bond motifs is 1. The first kappa shape index (κ1) is 15.8. The molecule has 0 saturated heterocycles. The summed E-state index contributed by atoms with van der Waals surface area (Å²) >= 11 is 6.20. The highest BCUT2D eigenvalue weighted by Crippen LogP contribution is 2.37. The Balaban J connectivity index is 2.63. The second kappa shape index (κ2) is 6.45. The van der Waals surface area contributed by atoms with E-state index in [1.165, 1.54) is 0 Å². The van der Waals surface area contributed by atoms with Crippen molar-refractivity contribution in [3.8, 4) is 0 Å². The molecule has 1 atom stereocenters. The van der Waals surface area contributed by atoms with E-state index in [0.717, 1.165) is 16.8 Å². The van der Waals surface area contributed by atoms with Crippen molar-refractivity contribution in [1.29, 1.82) is 0 Å². The van der Waals surface area contributed by atoms with E-state index in [4.69, 9.17) is 22.6 Å². The number of rotatable bonds is 4. The molecule has 0 radical (unpaired) electrons. The Kier molecular flexibility index (Phi) is 4.85. The van der Waals surface area contributed by atoms with Crippen molar-refractivity contribution in [3.05, 3.63) is 28.3 Å². The van der Waals surface area contributed by atoms with Crippen LogP contribution in [0.5, 0.6) is 0 Å². The summed E-state index contributed by atoms with van der Waals surface area (Å²) in [5.74, 6) is 5.18. The summed E-state index contributed by atoms with van der Waals surface area (Å²) in [6.07, 6.45) is 1.89. The number of carbonyl (C=O) groups is 1. The zero-order valence-electron chi connectivity index (χ0n) is 12.3. The van der Waals surface area contributed by atoms with Crippen LogP contribution in [0.1, 0.15) is 30.9 Å². The van der Waals surface area contributed by atoms with Crippen LogP contribution in [0.2, 0.25) is 5.02 Å². The minimum Gasteiger partial charge on any atom is -0.396 e. The first-order chi connectivity index (χ1) is 10.0. The number of hydrazone groups is 1. The summed E-state index contributed by atoms with van der Waals surface area (Å²) in [6, 6.07) is 3.64. The molecule has 0 bridgehead atoms. The van der Waals surface area contributed by atoms with E-state index < -0.39 is 0 Å². The van der Waals surface area contributed by atoms with Crippen LogP contribution >= 0.6 is 11.6 Å². The summed E-state index contributed by atoms with van der Waals surface area (Å²) in [4.78, 5) is 14.2. The highest BCUT2D eigenvalue weighted by molar-refractivity contribution is 6.32. The van der Waals surface area contributed by atoms with Gasteiger partial charge in [-0.1, -0.05) is 18.5 Å². The second-order valence-electron chi connectivity index (χ2n) is 5.16. The van der Waals surface area contributed by atoms with Crippen LogP contribution in [-0.2, 0) is 11.2 Å². The zero-order valence-corrected chi connectivity index (χ0v) is 13.0. The third-order valence-electron chi connectivity index (χ3n) is 3.88. The van der Waals surface area contributed by atoms with Gasteiger partial charge in [0.15, 0.2) is 0 Å². The number of benzene rings is 1. The average molecular weight is 310 g/mol. The Morgan fingerprint density at radius 2 is 2.19 bits per heavy atom. The van der Waals surface area contributed by atoms with Gasteiger partial charge in [0.05, 0.1) is 17.3 Å². The van der Waals surface area contributed by atoms with Crippen LogP contribution in [0.3, 0.4) is 0 Å². The van der Waals surface area contributed by atoms with Crippen LogP contribution in [0, 0.1) is 5.92 Å². The van der Waals surface area contributed by atoms with Crippen LogP contribution < -0.4 is 10.7 Å². The standard InChI is InChI=1S/C15H20ClN3O2/c1-3-11-13(18-17)12-8-10(16)7-9(5-4-6-20)14(12)19(2)15(11)21/h7-8,11,20H,3-6,17H2,1-2H3/b18-13+. The molecular formula is C15H20ClN3O2. The molecule has 6 heteroatoms. The van der Waals surface area contributed by atoms with Crippen LogP contribution in [0.4, 0.5) is 5.69 Å². The maximum atomic E-state index is 12.5. The molecule has 0 aliphatic carbocycles. The lowest BCUT2D eigenvalue weighted by atomic mass is 9.85. The lowest BCUT2D eigenvalue weighted by Crippen LogP contribution is -2.43. The molecule has 0 saturated carbocycles. The minimum absolute atomic E-state index is 0.0122. The number of hydrogen-bond donors (Lipinski definition) is 2. The van der Waals surface area contributed by atoms with E-state index in [-0.39, 0.29) is 18.4 Å². The quantitative estimate of drug-likeness (QED) is 0.659. The van der Waals surface area contributed by atoms with Crippen molar-refractivity contribution in [2.75, 3.05) is 18.6 Å². The first-order valence-electron chi connectivity index (χ1n) is 7.04. The smallest absolute Gasteiger partial charge is 0.235 e. The van der Waals surface area contributed by atoms with Gasteiger partial charge in [-0.2, -0.15) is 5.10 Å². The Hall–Kier alpha value is -1.59. The number of anilines is 1. The van der Waals surface area contributed by atoms with Crippen molar-refractivity contribution in [3.63, 3.8) is 0 Å². The molecule has 0 aromatic heterocycles. The third kappa shape index (κ3) is 2.76. The third-order valence-corrected chi connectivity index (χ3v) is 4.09. The van der Waals surface area contributed by atoms with Gasteiger partial charge in [-0.15, -0.1) is 0 Å². The monoisotopic (exact) mass is 309 g/mol. The van der Waals surface area contributed by atoms with Gasteiger partial charge in [0.25, 0.3) is 0 Å².